The minimum absolute atomic E-state index is 0.0802. The molecule has 1 atom stereocenters. The van der Waals surface area contributed by atoms with Gasteiger partial charge in [0, 0.05) is 47.0 Å². The van der Waals surface area contributed by atoms with Crippen LogP contribution in [0.2, 0.25) is 0 Å². The summed E-state index contributed by atoms with van der Waals surface area (Å²) in [6.45, 7) is 3.93. The van der Waals surface area contributed by atoms with Gasteiger partial charge >= 0.3 is 0 Å². The van der Waals surface area contributed by atoms with Gasteiger partial charge in [0.2, 0.25) is 0 Å². The van der Waals surface area contributed by atoms with Crippen LogP contribution in [0.3, 0.4) is 0 Å². The van der Waals surface area contributed by atoms with Crippen molar-refractivity contribution in [3.05, 3.63) is 178 Å². The molecule has 1 heterocycles. The lowest BCUT2D eigenvalue weighted by atomic mass is 9.84. The molecular weight excluding hydrogens is 514 g/mol. The molecule has 0 amide bonds. The highest BCUT2D eigenvalue weighted by Gasteiger charge is 2.38. The van der Waals surface area contributed by atoms with Crippen LogP contribution >= 0.6 is 0 Å². The molecule has 0 fully saturated rings. The van der Waals surface area contributed by atoms with E-state index in [1.54, 1.807) is 0 Å². The van der Waals surface area contributed by atoms with Crippen molar-refractivity contribution in [2.75, 3.05) is 11.4 Å². The van der Waals surface area contributed by atoms with Crippen molar-refractivity contribution in [3.63, 3.8) is 0 Å². The summed E-state index contributed by atoms with van der Waals surface area (Å²) in [5.41, 5.74) is 9.01. The third-order valence-electron chi connectivity index (χ3n) is 8.26. The highest BCUT2D eigenvalue weighted by molar-refractivity contribution is 6.20. The Bertz CT molecular complexity index is 1820. The Morgan fingerprint density at radius 2 is 1.33 bits per heavy atom. The summed E-state index contributed by atoms with van der Waals surface area (Å²) in [6.07, 6.45) is 2.06. The third-order valence-corrected chi connectivity index (χ3v) is 8.26. The Morgan fingerprint density at radius 3 is 2.07 bits per heavy atom. The van der Waals surface area contributed by atoms with Crippen LogP contribution in [0.4, 0.5) is 5.69 Å². The van der Waals surface area contributed by atoms with Gasteiger partial charge in [0.1, 0.15) is 11.5 Å². The van der Waals surface area contributed by atoms with Gasteiger partial charge in [0.15, 0.2) is 5.78 Å². The monoisotopic (exact) mass is 545 g/mol. The van der Waals surface area contributed by atoms with E-state index < -0.39 is 0 Å². The molecule has 2 aliphatic rings. The van der Waals surface area contributed by atoms with E-state index in [0.29, 0.717) is 0 Å². The van der Waals surface area contributed by atoms with Gasteiger partial charge in [-0.05, 0) is 65.6 Å². The first-order valence-electron chi connectivity index (χ1n) is 14.5. The van der Waals surface area contributed by atoms with Crippen molar-refractivity contribution < 1.29 is 9.53 Å². The smallest absolute Gasteiger partial charge is 0.190 e. The number of allylic oxidation sites excluding steroid dienone is 3. The first kappa shape index (κ1) is 25.8. The molecule has 1 unspecified atom stereocenters. The normalized spacial score (nSPS) is 17.2. The molecule has 5 aromatic rings. The Balaban J connectivity index is 1.32. The largest absolute Gasteiger partial charge is 0.456 e. The lowest BCUT2D eigenvalue weighted by Crippen LogP contribution is -2.21. The van der Waals surface area contributed by atoms with Crippen LogP contribution in [0.25, 0.3) is 11.3 Å². The summed E-state index contributed by atoms with van der Waals surface area (Å²) in [6, 6.07) is 45.4. The van der Waals surface area contributed by atoms with Crippen LogP contribution < -0.4 is 9.64 Å². The van der Waals surface area contributed by atoms with Gasteiger partial charge in [0.25, 0.3) is 0 Å². The molecule has 204 valence electrons. The number of ether oxygens (including phenoxy) is 1. The Hall–Kier alpha value is -5.15. The zero-order chi connectivity index (χ0) is 28.5. The van der Waals surface area contributed by atoms with E-state index >= 15 is 0 Å². The van der Waals surface area contributed by atoms with E-state index in [1.165, 1.54) is 5.56 Å². The summed E-state index contributed by atoms with van der Waals surface area (Å²) < 4.78 is 6.49. The minimum Gasteiger partial charge on any atom is -0.456 e. The van der Waals surface area contributed by atoms with Crippen molar-refractivity contribution in [1.82, 2.24) is 0 Å². The lowest BCUT2D eigenvalue weighted by molar-refractivity contribution is 0.103. The third kappa shape index (κ3) is 4.63. The van der Waals surface area contributed by atoms with Crippen LogP contribution in [-0.4, -0.2) is 12.3 Å². The van der Waals surface area contributed by atoms with Crippen molar-refractivity contribution in [3.8, 4) is 5.75 Å². The quantitative estimate of drug-likeness (QED) is 0.200. The van der Waals surface area contributed by atoms with E-state index in [1.807, 2.05) is 60.7 Å². The fraction of sp³-hybridized carbons (Fsp3) is 0.103. The van der Waals surface area contributed by atoms with Crippen LogP contribution in [-0.2, 0) is 6.54 Å². The summed E-state index contributed by atoms with van der Waals surface area (Å²) in [4.78, 5) is 16.5. The van der Waals surface area contributed by atoms with Crippen molar-refractivity contribution in [2.45, 2.75) is 19.4 Å². The van der Waals surface area contributed by atoms with Gasteiger partial charge in [-0.2, -0.15) is 0 Å². The maximum atomic E-state index is 14.1. The number of ketones is 1. The molecule has 42 heavy (non-hydrogen) atoms. The number of rotatable bonds is 6. The van der Waals surface area contributed by atoms with Gasteiger partial charge in [-0.3, -0.25) is 4.79 Å². The Labute approximate surface area is 247 Å². The number of hydrogen-bond donors (Lipinski definition) is 0. The van der Waals surface area contributed by atoms with E-state index in [4.69, 9.17) is 4.74 Å². The molecule has 0 spiro atoms. The van der Waals surface area contributed by atoms with Crippen LogP contribution in [0.5, 0.6) is 5.75 Å². The fourth-order valence-corrected chi connectivity index (χ4v) is 6.18. The second-order valence-electron chi connectivity index (χ2n) is 10.7. The number of carbonyl (C=O) groups is 1. The molecule has 3 heteroatoms. The van der Waals surface area contributed by atoms with E-state index in [2.05, 4.69) is 90.7 Å². The van der Waals surface area contributed by atoms with Crippen LogP contribution in [0.15, 0.2) is 145 Å². The molecule has 3 nitrogen and oxygen atoms in total. The number of benzene rings is 5. The standard InChI is InChI=1S/C39H31NO2/c1-2-40(26-27-13-5-3-6-14-27)30-23-21-28(22-24-30)36-25-34(31-17-11-12-20-35(31)42-36)38-37(29-15-7-4-8-16-29)32-18-9-10-19-33(32)39(38)41/h3-25,37H,2,26H2,1H3. The van der Waals surface area contributed by atoms with Gasteiger partial charge in [-0.25, -0.2) is 0 Å². The predicted octanol–water partition coefficient (Wildman–Crippen LogP) is 8.93. The Morgan fingerprint density at radius 1 is 0.690 bits per heavy atom. The maximum Gasteiger partial charge on any atom is 0.190 e. The minimum atomic E-state index is -0.146. The number of nitrogens with zero attached hydrogens (tertiary/aromatic N) is 1. The lowest BCUT2D eigenvalue weighted by Gasteiger charge is -2.25. The van der Waals surface area contributed by atoms with Gasteiger partial charge < -0.3 is 9.64 Å². The molecular formula is C39H31NO2. The second kappa shape index (κ2) is 11.0. The molecule has 0 saturated carbocycles. The maximum absolute atomic E-state index is 14.1. The average molecular weight is 546 g/mol. The van der Waals surface area contributed by atoms with Gasteiger partial charge in [0.05, 0.1) is 0 Å². The number of Topliss-reactive ketones (excluding diaryl/α,β-unsaturated/α-hetero) is 1. The first-order valence-corrected chi connectivity index (χ1v) is 14.5. The van der Waals surface area contributed by atoms with E-state index in [0.717, 1.165) is 69.2 Å². The van der Waals surface area contributed by atoms with Crippen molar-refractivity contribution >= 4 is 22.8 Å². The molecule has 0 radical (unpaired) electrons. The van der Waals surface area contributed by atoms with Gasteiger partial charge in [-0.15, -0.1) is 0 Å². The summed E-state index contributed by atoms with van der Waals surface area (Å²) >= 11 is 0. The number of anilines is 1. The number of para-hydroxylation sites is 1. The topological polar surface area (TPSA) is 29.5 Å². The summed E-state index contributed by atoms with van der Waals surface area (Å²) in [5, 5.41) is 0. The van der Waals surface area contributed by atoms with Crippen molar-refractivity contribution in [1.29, 1.82) is 0 Å². The van der Waals surface area contributed by atoms with E-state index in [-0.39, 0.29) is 11.7 Å². The number of fused-ring (bicyclic) bond motifs is 2. The highest BCUT2D eigenvalue weighted by atomic mass is 16.5. The SMILES string of the molecule is CCN(Cc1ccccc1)c1ccc(C2=CC(=C3C(=O)c4ccccc4C3c3ccccc3)c3ccccc3O2)cc1. The summed E-state index contributed by atoms with van der Waals surface area (Å²) in [7, 11) is 0. The Kier molecular flexibility index (Phi) is 6.77. The second-order valence-corrected chi connectivity index (χ2v) is 10.7. The molecule has 7 rings (SSSR count). The zero-order valence-electron chi connectivity index (χ0n) is 23.5. The molecule has 1 aliphatic heterocycles. The fourth-order valence-electron chi connectivity index (χ4n) is 6.18. The molecule has 0 saturated heterocycles. The highest BCUT2D eigenvalue weighted by Crippen LogP contribution is 2.48. The average Bonchev–Trinajstić information content (AvgIpc) is 3.36. The zero-order valence-corrected chi connectivity index (χ0v) is 23.5. The van der Waals surface area contributed by atoms with Crippen molar-refractivity contribution in [2.24, 2.45) is 0 Å². The van der Waals surface area contributed by atoms with Gasteiger partial charge in [-0.1, -0.05) is 103 Å². The summed E-state index contributed by atoms with van der Waals surface area (Å²) in [5.74, 6) is 1.43. The van der Waals surface area contributed by atoms with E-state index in [9.17, 15) is 4.79 Å². The molecule has 0 bridgehead atoms. The number of carbonyl (C=O) groups excluding carboxylic acids is 1. The predicted molar refractivity (Wildman–Crippen MR) is 171 cm³/mol. The molecule has 0 N–H and O–H groups in total. The number of hydrogen-bond acceptors (Lipinski definition) is 3. The molecule has 1 aliphatic carbocycles. The van der Waals surface area contributed by atoms with Crippen LogP contribution in [0.1, 0.15) is 51.0 Å². The van der Waals surface area contributed by atoms with Crippen LogP contribution in [0, 0.1) is 0 Å². The first-order chi connectivity index (χ1) is 20.7. The molecule has 5 aromatic carbocycles. The molecule has 0 aromatic heterocycles.